The first kappa shape index (κ1) is 9.81. The Hall–Kier alpha value is 1.64. The minimum absolute atomic E-state index is 0. The molecule has 0 amide bonds. The molecule has 0 fully saturated rings. The molecule has 0 aromatic heterocycles. The topological polar surface area (TPSA) is 26.3 Å². The molecule has 0 saturated heterocycles. The summed E-state index contributed by atoms with van der Waals surface area (Å²) >= 11 is 0.522. The van der Waals surface area contributed by atoms with Crippen molar-refractivity contribution in [2.45, 2.75) is 0 Å². The van der Waals surface area contributed by atoms with E-state index in [1.165, 1.54) is 0 Å². The van der Waals surface area contributed by atoms with Gasteiger partial charge in [-0.25, -0.2) is 0 Å². The molecule has 0 atom stereocenters. The fourth-order valence-corrected chi connectivity index (χ4v) is 0. The molecule has 0 unspecified atom stereocenters. The van der Waals surface area contributed by atoms with Crippen molar-refractivity contribution in [3.63, 3.8) is 0 Å². The van der Waals surface area contributed by atoms with E-state index in [9.17, 15) is 0 Å². The predicted octanol–water partition coefficient (Wildman–Crippen LogP) is -4.18. The van der Waals surface area contributed by atoms with Gasteiger partial charge < -0.3 is 5.22 Å². The normalized spacial score (nSPS) is 4.00. The van der Waals surface area contributed by atoms with Crippen molar-refractivity contribution in [1.29, 1.82) is 0 Å². The van der Waals surface area contributed by atoms with Crippen molar-refractivity contribution in [2.24, 2.45) is 0 Å². The summed E-state index contributed by atoms with van der Waals surface area (Å²) in [6.07, 6.45) is 0. The van der Waals surface area contributed by atoms with Crippen molar-refractivity contribution < 1.29 is 61.4 Å². The second kappa shape index (κ2) is 9.16. The third-order valence-corrected chi connectivity index (χ3v) is 0.289. The van der Waals surface area contributed by atoms with E-state index in [1.54, 1.807) is 0 Å². The van der Waals surface area contributed by atoms with Crippen LogP contribution in [0, 0.1) is 0 Å². The molecule has 24 valence electrons. The van der Waals surface area contributed by atoms with Crippen molar-refractivity contribution in [2.75, 3.05) is 0 Å². The Morgan fingerprint density at radius 1 is 2.00 bits per heavy atom. The zero-order valence-corrected chi connectivity index (χ0v) is 8.52. The molecule has 2 nitrogen and oxygen atoms in total. The molecule has 0 bridgehead atoms. The summed E-state index contributed by atoms with van der Waals surface area (Å²) in [5, 5.41) is 0. The molecule has 5 heavy (non-hydrogen) atoms. The zero-order chi connectivity index (χ0) is 3.41. The van der Waals surface area contributed by atoms with Crippen molar-refractivity contribution >= 4 is 23.1 Å². The second-order valence-electron chi connectivity index (χ2n) is 0.332. The van der Waals surface area contributed by atoms with Crippen LogP contribution in [0.15, 0.2) is 0 Å². The SMILES string of the molecule is O=C[O][AlH2].[H-].[K+]. The average molecular weight is 114 g/mol. The summed E-state index contributed by atoms with van der Waals surface area (Å²) < 4.78 is 4.00. The Labute approximate surface area is 82.9 Å². The Morgan fingerprint density at radius 3 is 2.20 bits per heavy atom. The number of carbonyl (C=O) groups excluding carboxylic acids is 1. The molecule has 0 rings (SSSR count). The van der Waals surface area contributed by atoms with Gasteiger partial charge in [-0.05, 0) is 0 Å². The molecular weight excluding hydrogens is 110 g/mol. The fourth-order valence-electron chi connectivity index (χ4n) is 0. The number of hydrogen-bond acceptors (Lipinski definition) is 2. The number of hydrogen-bond donors (Lipinski definition) is 0. The number of carbonyl (C=O) groups is 1. The fraction of sp³-hybridized carbons (Fsp3) is 0. The summed E-state index contributed by atoms with van der Waals surface area (Å²) in [5.41, 5.74) is 0. The predicted molar refractivity (Wildman–Crippen MR) is 16.8 cm³/mol. The first-order chi connectivity index (χ1) is 1.91. The number of rotatable bonds is 1. The Morgan fingerprint density at radius 2 is 2.20 bits per heavy atom. The van der Waals surface area contributed by atoms with Crippen molar-refractivity contribution in [3.8, 4) is 0 Å². The Kier molecular flexibility index (Phi) is 18.0. The summed E-state index contributed by atoms with van der Waals surface area (Å²) in [7, 11) is 0. The summed E-state index contributed by atoms with van der Waals surface area (Å²) in [4.78, 5) is 8.99. The maximum Gasteiger partial charge on any atom is 1.00 e. The molecule has 0 aliphatic heterocycles. The molecule has 0 saturated carbocycles. The minimum Gasteiger partial charge on any atom is -1.00 e. The van der Waals surface area contributed by atoms with E-state index in [4.69, 9.17) is 4.79 Å². The molecule has 4 heteroatoms. The molecule has 0 radical (unpaired) electrons. The van der Waals surface area contributed by atoms with Gasteiger partial charge in [-0.2, -0.15) is 0 Å². The average Bonchev–Trinajstić information content (AvgIpc) is 1.37. The second-order valence-corrected chi connectivity index (χ2v) is 0.803. The Balaban J connectivity index is -0.0000000450. The van der Waals surface area contributed by atoms with E-state index in [1.807, 2.05) is 0 Å². The molecule has 0 heterocycles. The van der Waals surface area contributed by atoms with Gasteiger partial charge in [0.15, 0.2) is 0 Å². The van der Waals surface area contributed by atoms with Crippen LogP contribution in [0.2, 0.25) is 0 Å². The third-order valence-electron chi connectivity index (χ3n) is 0.0962. The van der Waals surface area contributed by atoms with E-state index in [0.717, 1.165) is 0 Å². The molecule has 0 aromatic rings. The summed E-state index contributed by atoms with van der Waals surface area (Å²) in [6, 6.07) is 0. The molecule has 0 N–H and O–H groups in total. The zero-order valence-electron chi connectivity index (χ0n) is 4.39. The standard InChI is InChI=1S/CH2O2.Al.K.3H/c2-1-3;;;;;/h1H,(H,2,3);;;;;/q;2*+1;;;-1/p-1. The van der Waals surface area contributed by atoms with Gasteiger partial charge in [-0.3, -0.25) is 4.79 Å². The summed E-state index contributed by atoms with van der Waals surface area (Å²) in [6.45, 7) is 0.437. The van der Waals surface area contributed by atoms with E-state index >= 15 is 0 Å². The molecule has 0 aromatic carbocycles. The molecule has 0 spiro atoms. The van der Waals surface area contributed by atoms with Crippen molar-refractivity contribution in [3.05, 3.63) is 0 Å². The van der Waals surface area contributed by atoms with Crippen LogP contribution in [-0.4, -0.2) is 23.1 Å². The van der Waals surface area contributed by atoms with E-state index in [0.29, 0.717) is 23.1 Å². The Bertz CT molecular complexity index is 27.5. The van der Waals surface area contributed by atoms with Gasteiger partial charge in [0, 0.05) is 0 Å². The van der Waals surface area contributed by atoms with E-state index in [2.05, 4.69) is 3.79 Å². The van der Waals surface area contributed by atoms with Gasteiger partial charge in [0.25, 0.3) is 6.47 Å². The monoisotopic (exact) mass is 114 g/mol. The van der Waals surface area contributed by atoms with Gasteiger partial charge in [0.2, 0.25) is 0 Å². The first-order valence-corrected chi connectivity index (χ1v) is 1.70. The quantitative estimate of drug-likeness (QED) is 0.255. The van der Waals surface area contributed by atoms with Crippen LogP contribution in [0.3, 0.4) is 0 Å². The van der Waals surface area contributed by atoms with Gasteiger partial charge in [-0.1, -0.05) is 0 Å². The van der Waals surface area contributed by atoms with E-state index in [-0.39, 0.29) is 52.8 Å². The minimum atomic E-state index is 0. The molecule has 0 aliphatic carbocycles. The van der Waals surface area contributed by atoms with Crippen LogP contribution >= 0.6 is 0 Å². The van der Waals surface area contributed by atoms with Gasteiger partial charge >= 0.3 is 68.0 Å². The smallest absolute Gasteiger partial charge is 1.00 e. The van der Waals surface area contributed by atoms with Crippen LogP contribution < -0.4 is 51.4 Å². The maximum absolute atomic E-state index is 8.99. The van der Waals surface area contributed by atoms with Crippen LogP contribution in [0.5, 0.6) is 0 Å². The summed E-state index contributed by atoms with van der Waals surface area (Å²) in [5.74, 6) is 0. The van der Waals surface area contributed by atoms with Crippen LogP contribution in [-0.2, 0) is 8.58 Å². The van der Waals surface area contributed by atoms with Crippen molar-refractivity contribution in [1.82, 2.24) is 0 Å². The molecular formula is CH4AlKO2. The van der Waals surface area contributed by atoms with Crippen LogP contribution in [0.1, 0.15) is 1.43 Å². The largest absolute Gasteiger partial charge is 1.00 e. The third kappa shape index (κ3) is 10.7. The van der Waals surface area contributed by atoms with Crippen LogP contribution in [0.4, 0.5) is 0 Å². The van der Waals surface area contributed by atoms with E-state index < -0.39 is 0 Å². The maximum atomic E-state index is 8.99. The molecule has 0 aliphatic rings. The van der Waals surface area contributed by atoms with Gasteiger partial charge in [-0.15, -0.1) is 0 Å². The van der Waals surface area contributed by atoms with Crippen LogP contribution in [0.25, 0.3) is 0 Å². The van der Waals surface area contributed by atoms with Gasteiger partial charge in [0.05, 0.1) is 0 Å². The van der Waals surface area contributed by atoms with Gasteiger partial charge in [0.1, 0.15) is 0 Å². The first-order valence-electron chi connectivity index (χ1n) is 0.880.